The summed E-state index contributed by atoms with van der Waals surface area (Å²) < 4.78 is 0. The number of para-hydroxylation sites is 1. The van der Waals surface area contributed by atoms with Gasteiger partial charge < -0.3 is 15.1 Å². The largest absolute Gasteiger partial charge is 0.368 e. The number of hydrogen-bond acceptors (Lipinski definition) is 5. The van der Waals surface area contributed by atoms with Gasteiger partial charge in [0.2, 0.25) is 0 Å². The zero-order valence-electron chi connectivity index (χ0n) is 15.9. The molecule has 2 heterocycles. The summed E-state index contributed by atoms with van der Waals surface area (Å²) in [7, 11) is 0. The van der Waals surface area contributed by atoms with E-state index in [2.05, 4.69) is 56.3 Å². The Morgan fingerprint density at radius 3 is 2.39 bits per heavy atom. The van der Waals surface area contributed by atoms with E-state index < -0.39 is 0 Å². The summed E-state index contributed by atoms with van der Waals surface area (Å²) >= 11 is 0. The van der Waals surface area contributed by atoms with Gasteiger partial charge in [-0.15, -0.1) is 0 Å². The average molecular weight is 373 g/mol. The number of piperazine rings is 1. The van der Waals surface area contributed by atoms with E-state index in [4.69, 9.17) is 0 Å². The Bertz CT molecular complexity index is 952. The Hall–Kier alpha value is -3.41. The molecule has 1 aliphatic heterocycles. The minimum atomic E-state index is -0.228. The normalized spacial score (nSPS) is 14.0. The molecule has 6 nitrogen and oxygen atoms in total. The maximum absolute atomic E-state index is 12.5. The summed E-state index contributed by atoms with van der Waals surface area (Å²) in [6.45, 7) is 5.65. The van der Waals surface area contributed by atoms with Crippen LogP contribution in [0.1, 0.15) is 16.1 Å². The minimum Gasteiger partial charge on any atom is -0.368 e. The lowest BCUT2D eigenvalue weighted by Crippen LogP contribution is -2.47. The number of aromatic nitrogens is 2. The molecule has 1 fully saturated rings. The lowest BCUT2D eigenvalue weighted by molar-refractivity contribution is 0.102. The van der Waals surface area contributed by atoms with Crippen molar-refractivity contribution in [3.05, 3.63) is 78.2 Å². The lowest BCUT2D eigenvalue weighted by atomic mass is 10.2. The number of carbonyl (C=O) groups excluding carboxylic acids is 1. The second-order valence-corrected chi connectivity index (χ2v) is 6.89. The van der Waals surface area contributed by atoms with E-state index in [-0.39, 0.29) is 5.91 Å². The van der Waals surface area contributed by atoms with Crippen molar-refractivity contribution in [3.8, 4) is 0 Å². The van der Waals surface area contributed by atoms with Crippen LogP contribution in [0.25, 0.3) is 0 Å². The second-order valence-electron chi connectivity index (χ2n) is 6.89. The van der Waals surface area contributed by atoms with Crippen molar-refractivity contribution in [1.29, 1.82) is 0 Å². The molecule has 0 saturated carbocycles. The van der Waals surface area contributed by atoms with Gasteiger partial charge in [0.1, 0.15) is 17.8 Å². The van der Waals surface area contributed by atoms with E-state index >= 15 is 0 Å². The first-order valence-electron chi connectivity index (χ1n) is 9.44. The van der Waals surface area contributed by atoms with Crippen LogP contribution in [0.5, 0.6) is 0 Å². The molecule has 0 atom stereocenters. The quantitative estimate of drug-likeness (QED) is 0.760. The molecule has 0 bridgehead atoms. The van der Waals surface area contributed by atoms with Crippen LogP contribution in [0.4, 0.5) is 17.2 Å². The van der Waals surface area contributed by atoms with E-state index in [0.717, 1.165) is 37.7 Å². The molecule has 4 rings (SSSR count). The number of hydrogen-bond donors (Lipinski definition) is 1. The third kappa shape index (κ3) is 4.11. The molecule has 0 radical (unpaired) electrons. The SMILES string of the molecule is Cc1cccc(N2CCN(c3cc(C(=O)Nc4ccccc4)ncn3)CC2)c1. The Kier molecular flexibility index (Phi) is 5.19. The van der Waals surface area contributed by atoms with Crippen LogP contribution in [0, 0.1) is 6.92 Å². The number of amides is 1. The van der Waals surface area contributed by atoms with Gasteiger partial charge in [-0.3, -0.25) is 4.79 Å². The predicted molar refractivity (Wildman–Crippen MR) is 112 cm³/mol. The van der Waals surface area contributed by atoms with Gasteiger partial charge in [-0.05, 0) is 36.8 Å². The van der Waals surface area contributed by atoms with Gasteiger partial charge in [0.15, 0.2) is 0 Å². The zero-order chi connectivity index (χ0) is 19.3. The summed E-state index contributed by atoms with van der Waals surface area (Å²) in [5.74, 6) is 0.561. The number of aryl methyl sites for hydroxylation is 1. The van der Waals surface area contributed by atoms with Gasteiger partial charge in [0.05, 0.1) is 0 Å². The average Bonchev–Trinajstić information content (AvgIpc) is 2.75. The van der Waals surface area contributed by atoms with Crippen LogP contribution >= 0.6 is 0 Å². The molecule has 1 N–H and O–H groups in total. The molecule has 0 aliphatic carbocycles. The number of rotatable bonds is 4. The van der Waals surface area contributed by atoms with Crippen molar-refractivity contribution in [2.45, 2.75) is 6.92 Å². The van der Waals surface area contributed by atoms with Crippen molar-refractivity contribution in [2.24, 2.45) is 0 Å². The fourth-order valence-corrected chi connectivity index (χ4v) is 3.38. The molecule has 1 saturated heterocycles. The van der Waals surface area contributed by atoms with Gasteiger partial charge in [-0.25, -0.2) is 9.97 Å². The molecule has 2 aromatic carbocycles. The molecule has 0 spiro atoms. The molecule has 3 aromatic rings. The highest BCUT2D eigenvalue weighted by molar-refractivity contribution is 6.03. The maximum atomic E-state index is 12.5. The van der Waals surface area contributed by atoms with Crippen LogP contribution in [-0.2, 0) is 0 Å². The van der Waals surface area contributed by atoms with Crippen LogP contribution in [-0.4, -0.2) is 42.1 Å². The molecule has 0 unspecified atom stereocenters. The second kappa shape index (κ2) is 8.08. The highest BCUT2D eigenvalue weighted by atomic mass is 16.1. The van der Waals surface area contributed by atoms with E-state index in [1.54, 1.807) is 6.07 Å². The molecule has 28 heavy (non-hydrogen) atoms. The van der Waals surface area contributed by atoms with Gasteiger partial charge in [0.25, 0.3) is 5.91 Å². The van der Waals surface area contributed by atoms with Crippen molar-refractivity contribution < 1.29 is 4.79 Å². The standard InChI is InChI=1S/C22H23N5O/c1-17-6-5-9-19(14-17)26-10-12-27(13-11-26)21-15-20(23-16-24-21)22(28)25-18-7-3-2-4-8-18/h2-9,14-16H,10-13H2,1H3,(H,25,28). The smallest absolute Gasteiger partial charge is 0.274 e. The van der Waals surface area contributed by atoms with Crippen LogP contribution in [0.2, 0.25) is 0 Å². The lowest BCUT2D eigenvalue weighted by Gasteiger charge is -2.36. The summed E-state index contributed by atoms with van der Waals surface area (Å²) in [4.78, 5) is 25.6. The van der Waals surface area contributed by atoms with Crippen molar-refractivity contribution in [1.82, 2.24) is 9.97 Å². The van der Waals surface area contributed by atoms with Gasteiger partial charge in [-0.2, -0.15) is 0 Å². The van der Waals surface area contributed by atoms with E-state index in [0.29, 0.717) is 5.69 Å². The Balaban J connectivity index is 1.42. The summed E-state index contributed by atoms with van der Waals surface area (Å²) in [5, 5.41) is 2.87. The van der Waals surface area contributed by atoms with E-state index in [1.165, 1.54) is 17.6 Å². The number of benzene rings is 2. The molecule has 6 heteroatoms. The first-order chi connectivity index (χ1) is 13.7. The van der Waals surface area contributed by atoms with Gasteiger partial charge in [0, 0.05) is 43.6 Å². The van der Waals surface area contributed by atoms with Crippen LogP contribution in [0.15, 0.2) is 67.0 Å². The molecule has 1 aromatic heterocycles. The maximum Gasteiger partial charge on any atom is 0.274 e. The Morgan fingerprint density at radius 2 is 1.64 bits per heavy atom. The summed E-state index contributed by atoms with van der Waals surface area (Å²) in [6, 6.07) is 19.7. The van der Waals surface area contributed by atoms with Crippen molar-refractivity contribution in [2.75, 3.05) is 41.3 Å². The van der Waals surface area contributed by atoms with Crippen LogP contribution in [0.3, 0.4) is 0 Å². The van der Waals surface area contributed by atoms with Crippen molar-refractivity contribution >= 4 is 23.1 Å². The highest BCUT2D eigenvalue weighted by Gasteiger charge is 2.20. The Labute approximate surface area is 164 Å². The number of carbonyl (C=O) groups is 1. The third-order valence-electron chi connectivity index (χ3n) is 4.89. The zero-order valence-corrected chi connectivity index (χ0v) is 15.9. The summed E-state index contributed by atoms with van der Waals surface area (Å²) in [5.41, 5.74) is 3.64. The van der Waals surface area contributed by atoms with Crippen molar-refractivity contribution in [3.63, 3.8) is 0 Å². The third-order valence-corrected chi connectivity index (χ3v) is 4.89. The topological polar surface area (TPSA) is 61.4 Å². The number of nitrogens with zero attached hydrogens (tertiary/aromatic N) is 4. The summed E-state index contributed by atoms with van der Waals surface area (Å²) in [6.07, 6.45) is 1.46. The first kappa shape index (κ1) is 18.0. The molecule has 1 aliphatic rings. The fraction of sp³-hybridized carbons (Fsp3) is 0.227. The van der Waals surface area contributed by atoms with Crippen LogP contribution < -0.4 is 15.1 Å². The first-order valence-corrected chi connectivity index (χ1v) is 9.44. The molecule has 142 valence electrons. The predicted octanol–water partition coefficient (Wildman–Crippen LogP) is 3.36. The van der Waals surface area contributed by atoms with Gasteiger partial charge in [-0.1, -0.05) is 30.3 Å². The molecular weight excluding hydrogens is 350 g/mol. The molecular formula is C22H23N5O. The van der Waals surface area contributed by atoms with E-state index in [1.807, 2.05) is 30.3 Å². The van der Waals surface area contributed by atoms with Gasteiger partial charge >= 0.3 is 0 Å². The Morgan fingerprint density at radius 1 is 0.893 bits per heavy atom. The fourth-order valence-electron chi connectivity index (χ4n) is 3.38. The van der Waals surface area contributed by atoms with E-state index in [9.17, 15) is 4.79 Å². The molecule has 1 amide bonds. The highest BCUT2D eigenvalue weighted by Crippen LogP contribution is 2.20. The monoisotopic (exact) mass is 373 g/mol. The minimum absolute atomic E-state index is 0.228. The number of nitrogens with one attached hydrogen (secondary N) is 1. The number of anilines is 3.